The normalized spacial score (nSPS) is 17.1. The quantitative estimate of drug-likeness (QED) is 0.865. The van der Waals surface area contributed by atoms with Gasteiger partial charge in [-0.15, -0.1) is 12.4 Å². The molecule has 1 aromatic carbocycles. The molecule has 1 fully saturated rings. The molecule has 1 aliphatic rings. The molecule has 0 radical (unpaired) electrons. The van der Waals surface area contributed by atoms with Gasteiger partial charge in [-0.2, -0.15) is 4.31 Å². The van der Waals surface area contributed by atoms with Gasteiger partial charge in [-0.3, -0.25) is 0 Å². The summed E-state index contributed by atoms with van der Waals surface area (Å²) in [5, 5.41) is 0. The standard InChI is InChI=1S/C12H17BrN2O2S.ClH/c1-15(11(8-14)9-6-7-9)18(16,17)12-5-3-2-4-10(12)13;/h2-5,9,11H,6-8,14H2,1H3;1H. The van der Waals surface area contributed by atoms with Gasteiger partial charge in [0.25, 0.3) is 0 Å². The second-order valence-electron chi connectivity index (χ2n) is 4.59. The summed E-state index contributed by atoms with van der Waals surface area (Å²) in [6, 6.07) is 6.76. The predicted molar refractivity (Wildman–Crippen MR) is 81.9 cm³/mol. The maximum absolute atomic E-state index is 12.5. The minimum Gasteiger partial charge on any atom is -0.329 e. The Kier molecular flexibility index (Phi) is 5.82. The highest BCUT2D eigenvalue weighted by molar-refractivity contribution is 9.10. The lowest BCUT2D eigenvalue weighted by Gasteiger charge is -2.26. The first kappa shape index (κ1) is 16.9. The molecule has 2 rings (SSSR count). The number of benzene rings is 1. The number of likely N-dealkylation sites (N-methyl/N-ethyl adjacent to an activating group) is 1. The Morgan fingerprint density at radius 1 is 1.42 bits per heavy atom. The van der Waals surface area contributed by atoms with Crippen LogP contribution < -0.4 is 5.73 Å². The van der Waals surface area contributed by atoms with Crippen LogP contribution in [0, 0.1) is 5.92 Å². The summed E-state index contributed by atoms with van der Waals surface area (Å²) in [4.78, 5) is 0.298. The van der Waals surface area contributed by atoms with Crippen LogP contribution in [0.15, 0.2) is 33.6 Å². The smallest absolute Gasteiger partial charge is 0.244 e. The Hall–Kier alpha value is -0.140. The van der Waals surface area contributed by atoms with E-state index in [2.05, 4.69) is 15.9 Å². The van der Waals surface area contributed by atoms with E-state index >= 15 is 0 Å². The first-order valence-electron chi connectivity index (χ1n) is 5.91. The van der Waals surface area contributed by atoms with E-state index in [4.69, 9.17) is 5.73 Å². The fourth-order valence-electron chi connectivity index (χ4n) is 2.11. The van der Waals surface area contributed by atoms with E-state index < -0.39 is 10.0 Å². The van der Waals surface area contributed by atoms with Gasteiger partial charge in [0.1, 0.15) is 0 Å². The first-order chi connectivity index (χ1) is 8.48. The number of sulfonamides is 1. The molecule has 0 aromatic heterocycles. The Morgan fingerprint density at radius 2 is 2.00 bits per heavy atom. The topological polar surface area (TPSA) is 63.4 Å². The summed E-state index contributed by atoms with van der Waals surface area (Å²) in [5.74, 6) is 0.414. The summed E-state index contributed by atoms with van der Waals surface area (Å²) in [5.41, 5.74) is 5.71. The van der Waals surface area contributed by atoms with Gasteiger partial charge in [0.15, 0.2) is 0 Å². The van der Waals surface area contributed by atoms with Crippen LogP contribution in [0.2, 0.25) is 0 Å². The second-order valence-corrected chi connectivity index (χ2v) is 7.41. The van der Waals surface area contributed by atoms with Crippen LogP contribution in [0.5, 0.6) is 0 Å². The molecule has 1 aliphatic carbocycles. The predicted octanol–water partition coefficient (Wildman–Crippen LogP) is 2.23. The molecule has 0 saturated heterocycles. The van der Waals surface area contributed by atoms with E-state index in [0.717, 1.165) is 12.8 Å². The molecule has 4 nitrogen and oxygen atoms in total. The van der Waals surface area contributed by atoms with Crippen molar-refractivity contribution in [1.82, 2.24) is 4.31 Å². The van der Waals surface area contributed by atoms with E-state index in [0.29, 0.717) is 21.8 Å². The number of nitrogens with two attached hydrogens (primary N) is 1. The lowest BCUT2D eigenvalue weighted by atomic mass is 10.2. The maximum atomic E-state index is 12.5. The fraction of sp³-hybridized carbons (Fsp3) is 0.500. The molecule has 108 valence electrons. The number of hydrogen-bond acceptors (Lipinski definition) is 3. The summed E-state index contributed by atoms with van der Waals surface area (Å²) in [6.45, 7) is 0.366. The monoisotopic (exact) mass is 368 g/mol. The molecule has 0 heterocycles. The van der Waals surface area contributed by atoms with Crippen molar-refractivity contribution in [2.75, 3.05) is 13.6 Å². The highest BCUT2D eigenvalue weighted by Gasteiger charge is 2.38. The van der Waals surface area contributed by atoms with E-state index in [1.807, 2.05) is 0 Å². The average Bonchev–Trinajstić information content (AvgIpc) is 3.14. The fourth-order valence-corrected chi connectivity index (χ4v) is 4.49. The molecule has 0 spiro atoms. The lowest BCUT2D eigenvalue weighted by molar-refractivity contribution is 0.340. The Balaban J connectivity index is 0.00000180. The third-order valence-corrected chi connectivity index (χ3v) is 6.26. The van der Waals surface area contributed by atoms with Gasteiger partial charge >= 0.3 is 0 Å². The van der Waals surface area contributed by atoms with Crippen LogP contribution in [0.25, 0.3) is 0 Å². The molecule has 0 aliphatic heterocycles. The van der Waals surface area contributed by atoms with Crippen molar-refractivity contribution in [2.24, 2.45) is 11.7 Å². The molecule has 0 bridgehead atoms. The summed E-state index contributed by atoms with van der Waals surface area (Å²) >= 11 is 3.29. The molecule has 1 saturated carbocycles. The third-order valence-electron chi connectivity index (χ3n) is 3.37. The Labute approximate surface area is 128 Å². The SMILES string of the molecule is CN(C(CN)C1CC1)S(=O)(=O)c1ccccc1Br.Cl. The van der Waals surface area contributed by atoms with Crippen LogP contribution in [-0.4, -0.2) is 32.4 Å². The molecular weight excluding hydrogens is 352 g/mol. The lowest BCUT2D eigenvalue weighted by Crippen LogP contribution is -2.43. The van der Waals surface area contributed by atoms with E-state index in [1.54, 1.807) is 31.3 Å². The van der Waals surface area contributed by atoms with Crippen LogP contribution >= 0.6 is 28.3 Å². The largest absolute Gasteiger partial charge is 0.329 e. The molecule has 1 unspecified atom stereocenters. The zero-order chi connectivity index (χ0) is 13.3. The van der Waals surface area contributed by atoms with Gasteiger partial charge in [0, 0.05) is 24.1 Å². The van der Waals surface area contributed by atoms with Crippen LogP contribution in [-0.2, 0) is 10.0 Å². The van der Waals surface area contributed by atoms with E-state index in [-0.39, 0.29) is 18.4 Å². The van der Waals surface area contributed by atoms with Crippen molar-refractivity contribution in [3.63, 3.8) is 0 Å². The van der Waals surface area contributed by atoms with Gasteiger partial charge in [0.2, 0.25) is 10.0 Å². The first-order valence-corrected chi connectivity index (χ1v) is 8.14. The molecule has 7 heteroatoms. The zero-order valence-electron chi connectivity index (χ0n) is 10.6. The van der Waals surface area contributed by atoms with Gasteiger partial charge in [-0.05, 0) is 46.8 Å². The van der Waals surface area contributed by atoms with Gasteiger partial charge in [0.05, 0.1) is 4.90 Å². The number of nitrogens with zero attached hydrogens (tertiary/aromatic N) is 1. The zero-order valence-corrected chi connectivity index (χ0v) is 13.8. The van der Waals surface area contributed by atoms with Crippen molar-refractivity contribution in [3.05, 3.63) is 28.7 Å². The van der Waals surface area contributed by atoms with Crippen molar-refractivity contribution in [3.8, 4) is 0 Å². The Morgan fingerprint density at radius 3 is 2.47 bits per heavy atom. The minimum atomic E-state index is -3.48. The number of hydrogen-bond donors (Lipinski definition) is 1. The molecule has 1 atom stereocenters. The van der Waals surface area contributed by atoms with Gasteiger partial charge in [-0.1, -0.05) is 12.1 Å². The average molecular weight is 370 g/mol. The molecule has 2 N–H and O–H groups in total. The summed E-state index contributed by atoms with van der Waals surface area (Å²) in [7, 11) is -1.86. The molecule has 19 heavy (non-hydrogen) atoms. The van der Waals surface area contributed by atoms with Gasteiger partial charge in [-0.25, -0.2) is 8.42 Å². The van der Waals surface area contributed by atoms with Crippen LogP contribution in [0.4, 0.5) is 0 Å². The third kappa shape index (κ3) is 3.49. The van der Waals surface area contributed by atoms with Crippen molar-refractivity contribution < 1.29 is 8.42 Å². The van der Waals surface area contributed by atoms with Crippen LogP contribution in [0.1, 0.15) is 12.8 Å². The number of rotatable bonds is 5. The summed E-state index contributed by atoms with van der Waals surface area (Å²) in [6.07, 6.45) is 2.13. The van der Waals surface area contributed by atoms with Gasteiger partial charge < -0.3 is 5.73 Å². The van der Waals surface area contributed by atoms with Crippen molar-refractivity contribution >= 4 is 38.4 Å². The van der Waals surface area contributed by atoms with E-state index in [1.165, 1.54) is 4.31 Å². The molecule has 1 aromatic rings. The van der Waals surface area contributed by atoms with E-state index in [9.17, 15) is 8.42 Å². The maximum Gasteiger partial charge on any atom is 0.244 e. The van der Waals surface area contributed by atoms with Crippen molar-refractivity contribution in [1.29, 1.82) is 0 Å². The Bertz CT molecular complexity index is 534. The highest BCUT2D eigenvalue weighted by atomic mass is 79.9. The molecule has 0 amide bonds. The number of halogens is 2. The highest BCUT2D eigenvalue weighted by Crippen LogP contribution is 2.37. The second kappa shape index (κ2) is 6.54. The van der Waals surface area contributed by atoms with Crippen molar-refractivity contribution in [2.45, 2.75) is 23.8 Å². The molecular formula is C12H18BrClN2O2S. The summed E-state index contributed by atoms with van der Waals surface area (Å²) < 4.78 is 27.1. The van der Waals surface area contributed by atoms with Crippen LogP contribution in [0.3, 0.4) is 0 Å². The minimum absolute atomic E-state index is 0.